The summed E-state index contributed by atoms with van der Waals surface area (Å²) in [6.07, 6.45) is 3.87. The average molecular weight is 267 g/mol. The lowest BCUT2D eigenvalue weighted by molar-refractivity contribution is 0.0949. The summed E-state index contributed by atoms with van der Waals surface area (Å²) in [6, 6.07) is 1.66. The number of amides is 1. The molecular weight excluding hydrogens is 242 g/mol. The first-order valence-electron chi connectivity index (χ1n) is 6.95. The fourth-order valence-electron chi connectivity index (χ4n) is 2.16. The van der Waals surface area contributed by atoms with Crippen LogP contribution in [0.3, 0.4) is 0 Å². The summed E-state index contributed by atoms with van der Waals surface area (Å²) in [4.78, 5) is 13.9. The molecule has 0 bridgehead atoms. The van der Waals surface area contributed by atoms with Gasteiger partial charge in [0.15, 0.2) is 0 Å². The Morgan fingerprint density at radius 2 is 2.11 bits per heavy atom. The minimum absolute atomic E-state index is 0.303. The Hall–Kier alpha value is -1.33. The molecule has 19 heavy (non-hydrogen) atoms. The van der Waals surface area contributed by atoms with E-state index in [2.05, 4.69) is 31.1 Å². The molecule has 1 amide bonds. The van der Waals surface area contributed by atoms with Crippen LogP contribution in [-0.2, 0) is 6.54 Å². The third-order valence-electron chi connectivity index (χ3n) is 3.61. The molecule has 0 saturated heterocycles. The number of nitrogens with one attached hydrogen (secondary N) is 1. The van der Waals surface area contributed by atoms with Crippen LogP contribution >= 0.6 is 0 Å². The molecule has 0 aliphatic heterocycles. The summed E-state index contributed by atoms with van der Waals surface area (Å²) in [5, 5.41) is 0. The summed E-state index contributed by atoms with van der Waals surface area (Å²) >= 11 is 0. The molecule has 0 radical (unpaired) electrons. The van der Waals surface area contributed by atoms with E-state index in [0.29, 0.717) is 23.8 Å². The van der Waals surface area contributed by atoms with Crippen molar-refractivity contribution in [1.29, 1.82) is 0 Å². The number of carbonyl (C=O) groups is 1. The minimum atomic E-state index is -0.303. The molecule has 1 aromatic heterocycles. The Balaban J connectivity index is 2.70. The van der Waals surface area contributed by atoms with E-state index in [1.165, 1.54) is 19.1 Å². The zero-order valence-electron chi connectivity index (χ0n) is 12.1. The second kappa shape index (κ2) is 7.96. The first-order chi connectivity index (χ1) is 9.15. The van der Waals surface area contributed by atoms with Gasteiger partial charge in [0.2, 0.25) is 0 Å². The molecule has 0 fully saturated rings. The minimum Gasteiger partial charge on any atom is -0.467 e. The van der Waals surface area contributed by atoms with Gasteiger partial charge in [-0.3, -0.25) is 15.1 Å². The Kier molecular flexibility index (Phi) is 6.59. The van der Waals surface area contributed by atoms with E-state index in [-0.39, 0.29) is 5.91 Å². The van der Waals surface area contributed by atoms with Gasteiger partial charge in [-0.1, -0.05) is 33.6 Å². The number of nitrogen functional groups attached to an aromatic ring is 1. The molecule has 0 aromatic carbocycles. The number of hydrazine groups is 1. The van der Waals surface area contributed by atoms with Gasteiger partial charge >= 0.3 is 0 Å². The zero-order valence-corrected chi connectivity index (χ0v) is 12.1. The SMILES string of the molecule is CCC(CC)CN(CC)Cc1occc1C(=O)NN. The fraction of sp³-hybridized carbons (Fsp3) is 0.643. The van der Waals surface area contributed by atoms with Crippen molar-refractivity contribution in [1.82, 2.24) is 10.3 Å². The molecule has 108 valence electrons. The van der Waals surface area contributed by atoms with Crippen LogP contribution in [0.5, 0.6) is 0 Å². The van der Waals surface area contributed by atoms with Crippen molar-refractivity contribution in [2.75, 3.05) is 13.1 Å². The molecule has 0 aliphatic carbocycles. The molecule has 0 atom stereocenters. The molecule has 5 heteroatoms. The van der Waals surface area contributed by atoms with Crippen molar-refractivity contribution in [3.05, 3.63) is 23.7 Å². The first kappa shape index (κ1) is 15.7. The van der Waals surface area contributed by atoms with Crippen LogP contribution in [0.2, 0.25) is 0 Å². The highest BCUT2D eigenvalue weighted by atomic mass is 16.3. The molecule has 5 nitrogen and oxygen atoms in total. The molecule has 1 aromatic rings. The molecule has 0 saturated carbocycles. The molecular formula is C14H25N3O2. The van der Waals surface area contributed by atoms with Crippen molar-refractivity contribution < 1.29 is 9.21 Å². The normalized spacial score (nSPS) is 11.3. The van der Waals surface area contributed by atoms with Crippen molar-refractivity contribution >= 4 is 5.91 Å². The lowest BCUT2D eigenvalue weighted by Gasteiger charge is -2.24. The molecule has 0 spiro atoms. The maximum atomic E-state index is 11.6. The zero-order chi connectivity index (χ0) is 14.3. The van der Waals surface area contributed by atoms with E-state index in [4.69, 9.17) is 10.3 Å². The van der Waals surface area contributed by atoms with Gasteiger partial charge in [-0.2, -0.15) is 0 Å². The first-order valence-corrected chi connectivity index (χ1v) is 6.95. The third kappa shape index (κ3) is 4.36. The average Bonchev–Trinajstić information content (AvgIpc) is 2.90. The van der Waals surface area contributed by atoms with Crippen LogP contribution in [0.15, 0.2) is 16.7 Å². The van der Waals surface area contributed by atoms with Gasteiger partial charge < -0.3 is 4.42 Å². The van der Waals surface area contributed by atoms with Crippen LogP contribution in [0.25, 0.3) is 0 Å². The van der Waals surface area contributed by atoms with E-state index in [1.807, 2.05) is 0 Å². The monoisotopic (exact) mass is 267 g/mol. The third-order valence-corrected chi connectivity index (χ3v) is 3.61. The summed E-state index contributed by atoms with van der Waals surface area (Å²) < 4.78 is 5.41. The van der Waals surface area contributed by atoms with Crippen molar-refractivity contribution in [3.8, 4) is 0 Å². The molecule has 0 unspecified atom stereocenters. The Morgan fingerprint density at radius 3 is 2.63 bits per heavy atom. The van der Waals surface area contributed by atoms with Crippen molar-refractivity contribution in [2.24, 2.45) is 11.8 Å². The van der Waals surface area contributed by atoms with Crippen LogP contribution < -0.4 is 11.3 Å². The highest BCUT2D eigenvalue weighted by Crippen LogP contribution is 2.16. The number of rotatable bonds is 8. The smallest absolute Gasteiger partial charge is 0.268 e. The van der Waals surface area contributed by atoms with E-state index in [0.717, 1.165) is 13.1 Å². The van der Waals surface area contributed by atoms with Crippen LogP contribution in [0.4, 0.5) is 0 Å². The molecule has 1 heterocycles. The predicted octanol–water partition coefficient (Wildman–Crippen LogP) is 2.14. The van der Waals surface area contributed by atoms with Crippen LogP contribution in [-0.4, -0.2) is 23.9 Å². The second-order valence-corrected chi connectivity index (χ2v) is 4.74. The van der Waals surface area contributed by atoms with E-state index >= 15 is 0 Å². The second-order valence-electron chi connectivity index (χ2n) is 4.74. The fourth-order valence-corrected chi connectivity index (χ4v) is 2.16. The maximum absolute atomic E-state index is 11.6. The van der Waals surface area contributed by atoms with Gasteiger partial charge in [0.05, 0.1) is 18.4 Å². The summed E-state index contributed by atoms with van der Waals surface area (Å²) in [5.74, 6) is 6.22. The van der Waals surface area contributed by atoms with Gasteiger partial charge in [0, 0.05) is 6.54 Å². The van der Waals surface area contributed by atoms with Crippen molar-refractivity contribution in [3.63, 3.8) is 0 Å². The summed E-state index contributed by atoms with van der Waals surface area (Å²) in [6.45, 7) is 9.13. The van der Waals surface area contributed by atoms with Gasteiger partial charge in [-0.25, -0.2) is 5.84 Å². The van der Waals surface area contributed by atoms with Gasteiger partial charge in [-0.05, 0) is 18.5 Å². The number of hydrogen-bond acceptors (Lipinski definition) is 4. The summed E-state index contributed by atoms with van der Waals surface area (Å²) in [5.41, 5.74) is 2.66. The Morgan fingerprint density at radius 1 is 1.42 bits per heavy atom. The number of carbonyl (C=O) groups excluding carboxylic acids is 1. The van der Waals surface area contributed by atoms with Gasteiger partial charge in [0.1, 0.15) is 5.76 Å². The molecule has 1 rings (SSSR count). The Labute approximate surface area is 115 Å². The quantitative estimate of drug-likeness (QED) is 0.430. The van der Waals surface area contributed by atoms with Crippen molar-refractivity contribution in [2.45, 2.75) is 40.2 Å². The maximum Gasteiger partial charge on any atom is 0.268 e. The van der Waals surface area contributed by atoms with E-state index in [9.17, 15) is 4.79 Å². The number of hydrogen-bond donors (Lipinski definition) is 2. The van der Waals surface area contributed by atoms with Gasteiger partial charge in [-0.15, -0.1) is 0 Å². The predicted molar refractivity (Wildman–Crippen MR) is 75.4 cm³/mol. The highest BCUT2D eigenvalue weighted by molar-refractivity contribution is 5.94. The lowest BCUT2D eigenvalue weighted by atomic mass is 10.0. The molecule has 3 N–H and O–H groups in total. The number of nitrogens with two attached hydrogens (primary N) is 1. The largest absolute Gasteiger partial charge is 0.467 e. The van der Waals surface area contributed by atoms with Gasteiger partial charge in [0.25, 0.3) is 5.91 Å². The Bertz CT molecular complexity index is 386. The summed E-state index contributed by atoms with van der Waals surface area (Å²) in [7, 11) is 0. The highest BCUT2D eigenvalue weighted by Gasteiger charge is 2.17. The van der Waals surface area contributed by atoms with Crippen LogP contribution in [0, 0.1) is 5.92 Å². The lowest BCUT2D eigenvalue weighted by Crippen LogP contribution is -2.32. The number of furan rings is 1. The van der Waals surface area contributed by atoms with Crippen LogP contribution in [0.1, 0.15) is 49.7 Å². The topological polar surface area (TPSA) is 71.5 Å². The van der Waals surface area contributed by atoms with E-state index in [1.54, 1.807) is 6.07 Å². The number of nitrogens with zero attached hydrogens (tertiary/aromatic N) is 1. The standard InChI is InChI=1S/C14H25N3O2/c1-4-11(5-2)9-17(6-3)10-13-12(7-8-19-13)14(18)16-15/h7-8,11H,4-6,9-10,15H2,1-3H3,(H,16,18). The molecule has 0 aliphatic rings. The van der Waals surface area contributed by atoms with E-state index < -0.39 is 0 Å².